The van der Waals surface area contributed by atoms with E-state index in [1.165, 1.54) is 6.42 Å². The van der Waals surface area contributed by atoms with Gasteiger partial charge in [-0.05, 0) is 23.7 Å². The molecular weight excluding hydrogens is 132 g/mol. The van der Waals surface area contributed by atoms with Crippen molar-refractivity contribution in [3.05, 3.63) is 12.7 Å². The summed E-state index contributed by atoms with van der Waals surface area (Å²) in [6, 6.07) is 0. The van der Waals surface area contributed by atoms with Crippen LogP contribution in [-0.4, -0.2) is 0 Å². The van der Waals surface area contributed by atoms with E-state index in [-0.39, 0.29) is 0 Å². The minimum Gasteiger partial charge on any atom is -0.103 e. The molecule has 0 aromatic rings. The molecule has 11 heavy (non-hydrogen) atoms. The summed E-state index contributed by atoms with van der Waals surface area (Å²) in [5.74, 6) is 1.40. The molecule has 0 heteroatoms. The molecule has 0 radical (unpaired) electrons. The Bertz CT molecular complexity index is 116. The van der Waals surface area contributed by atoms with E-state index < -0.39 is 0 Å². The summed E-state index contributed by atoms with van der Waals surface area (Å²) in [4.78, 5) is 0. The van der Waals surface area contributed by atoms with Gasteiger partial charge in [-0.2, -0.15) is 0 Å². The summed E-state index contributed by atoms with van der Waals surface area (Å²) in [6.07, 6.45) is 3.30. The fourth-order valence-electron chi connectivity index (χ4n) is 1.37. The van der Waals surface area contributed by atoms with Crippen LogP contribution in [0.2, 0.25) is 0 Å². The molecule has 2 unspecified atom stereocenters. The van der Waals surface area contributed by atoms with E-state index >= 15 is 0 Å². The lowest BCUT2D eigenvalue weighted by atomic mass is 9.73. The molecule has 0 bridgehead atoms. The molecular formula is C11H22. The van der Waals surface area contributed by atoms with Gasteiger partial charge in [0.1, 0.15) is 0 Å². The van der Waals surface area contributed by atoms with Crippen LogP contribution in [0.4, 0.5) is 0 Å². The molecule has 0 N–H and O–H groups in total. The summed E-state index contributed by atoms with van der Waals surface area (Å²) in [5, 5.41) is 0. The number of rotatable bonds is 3. The van der Waals surface area contributed by atoms with Gasteiger partial charge >= 0.3 is 0 Å². The average molecular weight is 154 g/mol. The SMILES string of the molecule is C=CC(CC)C(C)C(C)(C)C. The Labute approximate surface area is 71.7 Å². The first-order valence-electron chi connectivity index (χ1n) is 4.56. The van der Waals surface area contributed by atoms with Gasteiger partial charge in [0.25, 0.3) is 0 Å². The molecule has 0 aromatic heterocycles. The molecule has 0 aromatic carbocycles. The van der Waals surface area contributed by atoms with Gasteiger partial charge in [0.15, 0.2) is 0 Å². The highest BCUT2D eigenvalue weighted by atomic mass is 14.3. The van der Waals surface area contributed by atoms with Crippen molar-refractivity contribution in [3.63, 3.8) is 0 Å². The maximum Gasteiger partial charge on any atom is -0.0208 e. The summed E-state index contributed by atoms with van der Waals surface area (Å²) >= 11 is 0. The number of hydrogen-bond donors (Lipinski definition) is 0. The monoisotopic (exact) mass is 154 g/mol. The fourth-order valence-corrected chi connectivity index (χ4v) is 1.37. The third-order valence-electron chi connectivity index (χ3n) is 2.78. The molecule has 0 saturated carbocycles. The standard InChI is InChI=1S/C11H22/c1-7-10(8-2)9(3)11(4,5)6/h7,9-10H,1,8H2,2-6H3. The van der Waals surface area contributed by atoms with Gasteiger partial charge in [-0.3, -0.25) is 0 Å². The van der Waals surface area contributed by atoms with E-state index in [4.69, 9.17) is 0 Å². The topological polar surface area (TPSA) is 0 Å². The van der Waals surface area contributed by atoms with Gasteiger partial charge in [-0.15, -0.1) is 6.58 Å². The van der Waals surface area contributed by atoms with Crippen LogP contribution in [0.3, 0.4) is 0 Å². The molecule has 0 heterocycles. The number of allylic oxidation sites excluding steroid dienone is 1. The fraction of sp³-hybridized carbons (Fsp3) is 0.818. The Balaban J connectivity index is 4.20. The van der Waals surface area contributed by atoms with Gasteiger partial charge in [-0.1, -0.05) is 40.7 Å². The minimum absolute atomic E-state index is 0.412. The van der Waals surface area contributed by atoms with Gasteiger partial charge < -0.3 is 0 Å². The van der Waals surface area contributed by atoms with E-state index in [1.54, 1.807) is 0 Å². The largest absolute Gasteiger partial charge is 0.103 e. The minimum atomic E-state index is 0.412. The van der Waals surface area contributed by atoms with Crippen LogP contribution in [0.15, 0.2) is 12.7 Å². The molecule has 0 rings (SSSR count). The lowest BCUT2D eigenvalue weighted by Gasteiger charge is -2.32. The van der Waals surface area contributed by atoms with E-state index in [2.05, 4.69) is 47.3 Å². The zero-order valence-electron chi connectivity index (χ0n) is 8.65. The Morgan fingerprint density at radius 1 is 1.36 bits per heavy atom. The summed E-state index contributed by atoms with van der Waals surface area (Å²) < 4.78 is 0. The molecule has 0 aliphatic rings. The first-order chi connectivity index (χ1) is 4.93. The van der Waals surface area contributed by atoms with Crippen molar-refractivity contribution in [2.75, 3.05) is 0 Å². The van der Waals surface area contributed by atoms with E-state index in [9.17, 15) is 0 Å². The van der Waals surface area contributed by atoms with Crippen LogP contribution in [0.25, 0.3) is 0 Å². The molecule has 0 amide bonds. The summed E-state index contributed by atoms with van der Waals surface area (Å²) in [6.45, 7) is 15.3. The maximum absolute atomic E-state index is 3.87. The average Bonchev–Trinajstić information content (AvgIpc) is 1.88. The van der Waals surface area contributed by atoms with Crippen LogP contribution >= 0.6 is 0 Å². The second kappa shape index (κ2) is 3.94. The zero-order valence-corrected chi connectivity index (χ0v) is 8.65. The van der Waals surface area contributed by atoms with Gasteiger partial charge in [0, 0.05) is 0 Å². The quantitative estimate of drug-likeness (QED) is 0.541. The highest BCUT2D eigenvalue weighted by molar-refractivity contribution is 4.86. The van der Waals surface area contributed by atoms with Crippen molar-refractivity contribution in [3.8, 4) is 0 Å². The van der Waals surface area contributed by atoms with Gasteiger partial charge in [-0.25, -0.2) is 0 Å². The van der Waals surface area contributed by atoms with Crippen LogP contribution in [0.5, 0.6) is 0 Å². The molecule has 0 aliphatic heterocycles. The Morgan fingerprint density at radius 3 is 1.91 bits per heavy atom. The molecule has 66 valence electrons. The lowest BCUT2D eigenvalue weighted by Crippen LogP contribution is -2.23. The molecule has 0 aliphatic carbocycles. The van der Waals surface area contributed by atoms with Crippen molar-refractivity contribution in [1.29, 1.82) is 0 Å². The Kier molecular flexibility index (Phi) is 3.85. The van der Waals surface area contributed by atoms with Crippen molar-refractivity contribution in [1.82, 2.24) is 0 Å². The maximum atomic E-state index is 3.87. The van der Waals surface area contributed by atoms with Crippen LogP contribution in [0, 0.1) is 17.3 Å². The van der Waals surface area contributed by atoms with E-state index in [0.29, 0.717) is 11.3 Å². The lowest BCUT2D eigenvalue weighted by molar-refractivity contribution is 0.201. The molecule has 0 spiro atoms. The molecule has 0 fully saturated rings. The van der Waals surface area contributed by atoms with Gasteiger partial charge in [0.2, 0.25) is 0 Å². The van der Waals surface area contributed by atoms with Crippen LogP contribution < -0.4 is 0 Å². The third-order valence-corrected chi connectivity index (χ3v) is 2.78. The molecule has 0 saturated heterocycles. The predicted octanol–water partition coefficient (Wildman–Crippen LogP) is 3.88. The Morgan fingerprint density at radius 2 is 1.82 bits per heavy atom. The van der Waals surface area contributed by atoms with Crippen molar-refractivity contribution >= 4 is 0 Å². The van der Waals surface area contributed by atoms with Crippen molar-refractivity contribution in [2.45, 2.75) is 41.0 Å². The Hall–Kier alpha value is -0.260. The van der Waals surface area contributed by atoms with E-state index in [0.717, 1.165) is 5.92 Å². The second-order valence-electron chi connectivity index (χ2n) is 4.46. The molecule has 0 nitrogen and oxygen atoms in total. The van der Waals surface area contributed by atoms with Crippen molar-refractivity contribution in [2.24, 2.45) is 17.3 Å². The molecule has 2 atom stereocenters. The van der Waals surface area contributed by atoms with E-state index in [1.807, 2.05) is 0 Å². The second-order valence-corrected chi connectivity index (χ2v) is 4.46. The highest BCUT2D eigenvalue weighted by Crippen LogP contribution is 2.33. The predicted molar refractivity (Wildman–Crippen MR) is 52.6 cm³/mol. The first kappa shape index (κ1) is 10.7. The van der Waals surface area contributed by atoms with Crippen molar-refractivity contribution < 1.29 is 0 Å². The van der Waals surface area contributed by atoms with Gasteiger partial charge in [0.05, 0.1) is 0 Å². The normalized spacial score (nSPS) is 17.5. The number of hydrogen-bond acceptors (Lipinski definition) is 0. The first-order valence-corrected chi connectivity index (χ1v) is 4.56. The zero-order chi connectivity index (χ0) is 9.07. The smallest absolute Gasteiger partial charge is 0.0208 e. The summed E-state index contributed by atoms with van der Waals surface area (Å²) in [5.41, 5.74) is 0.412. The highest BCUT2D eigenvalue weighted by Gasteiger charge is 2.24. The van der Waals surface area contributed by atoms with Crippen LogP contribution in [0.1, 0.15) is 41.0 Å². The third kappa shape index (κ3) is 3.09. The summed E-state index contributed by atoms with van der Waals surface area (Å²) in [7, 11) is 0. The van der Waals surface area contributed by atoms with Crippen LogP contribution in [-0.2, 0) is 0 Å².